The number of aromatic nitrogens is 1. The highest BCUT2D eigenvalue weighted by molar-refractivity contribution is 5.92. The van der Waals surface area contributed by atoms with E-state index in [1.807, 2.05) is 14.1 Å². The molecule has 0 atom stereocenters. The average molecular weight is 291 g/mol. The Morgan fingerprint density at radius 1 is 1.33 bits per heavy atom. The molecule has 0 unspecified atom stereocenters. The van der Waals surface area contributed by atoms with Crippen molar-refractivity contribution in [2.75, 3.05) is 27.2 Å². The topological polar surface area (TPSA) is 82.5 Å². The predicted molar refractivity (Wildman–Crippen MR) is 81.0 cm³/mol. The molecule has 6 heteroatoms. The van der Waals surface area contributed by atoms with Crippen LogP contribution in [0, 0.1) is 0 Å². The van der Waals surface area contributed by atoms with Gasteiger partial charge in [-0.25, -0.2) is 4.79 Å². The normalized spacial score (nSPS) is 11.0. The van der Waals surface area contributed by atoms with Crippen LogP contribution in [0.1, 0.15) is 28.9 Å². The maximum Gasteiger partial charge on any atom is 0.328 e. The van der Waals surface area contributed by atoms with Gasteiger partial charge in [-0.1, -0.05) is 6.07 Å². The number of carboxylic acids is 1. The van der Waals surface area contributed by atoms with Crippen LogP contribution < -0.4 is 5.32 Å². The van der Waals surface area contributed by atoms with Gasteiger partial charge < -0.3 is 15.3 Å². The molecule has 0 aliphatic carbocycles. The summed E-state index contributed by atoms with van der Waals surface area (Å²) in [5.74, 6) is -1.23. The van der Waals surface area contributed by atoms with Gasteiger partial charge in [-0.2, -0.15) is 0 Å². The van der Waals surface area contributed by atoms with Gasteiger partial charge in [-0.15, -0.1) is 0 Å². The van der Waals surface area contributed by atoms with Crippen molar-refractivity contribution in [2.24, 2.45) is 0 Å². The van der Waals surface area contributed by atoms with Crippen molar-refractivity contribution >= 4 is 18.0 Å². The Morgan fingerprint density at radius 3 is 2.67 bits per heavy atom. The number of amides is 1. The second-order valence-electron chi connectivity index (χ2n) is 4.91. The van der Waals surface area contributed by atoms with Gasteiger partial charge in [0.15, 0.2) is 0 Å². The molecule has 0 aliphatic heterocycles. The Kier molecular flexibility index (Phi) is 7.11. The first kappa shape index (κ1) is 16.8. The number of hydrogen-bond donors (Lipinski definition) is 2. The van der Waals surface area contributed by atoms with Crippen LogP contribution in [-0.2, 0) is 4.79 Å². The monoisotopic (exact) mass is 291 g/mol. The van der Waals surface area contributed by atoms with Gasteiger partial charge in [0, 0.05) is 18.8 Å². The molecule has 1 aromatic rings. The molecule has 1 rings (SSSR count). The molecule has 21 heavy (non-hydrogen) atoms. The Morgan fingerprint density at radius 2 is 2.10 bits per heavy atom. The molecular formula is C15H21N3O3. The van der Waals surface area contributed by atoms with Crippen molar-refractivity contribution in [2.45, 2.75) is 12.8 Å². The Labute approximate surface area is 124 Å². The summed E-state index contributed by atoms with van der Waals surface area (Å²) in [4.78, 5) is 28.3. The fraction of sp³-hybridized carbons (Fsp3) is 0.400. The lowest BCUT2D eigenvalue weighted by atomic mass is 10.2. The van der Waals surface area contributed by atoms with E-state index < -0.39 is 5.97 Å². The lowest BCUT2D eigenvalue weighted by Gasteiger charge is -2.09. The number of carboxylic acid groups (broad SMARTS) is 1. The zero-order chi connectivity index (χ0) is 15.7. The number of pyridine rings is 1. The number of carbonyl (C=O) groups is 2. The SMILES string of the molecule is CN(C)CCCCNC(=O)c1ccc(C=CC(=O)O)cn1. The summed E-state index contributed by atoms with van der Waals surface area (Å²) < 4.78 is 0. The van der Waals surface area contributed by atoms with Crippen LogP contribution in [0.25, 0.3) is 6.08 Å². The van der Waals surface area contributed by atoms with Gasteiger partial charge in [0.05, 0.1) is 0 Å². The number of carbonyl (C=O) groups excluding carboxylic acids is 1. The Hall–Kier alpha value is -2.21. The molecule has 6 nitrogen and oxygen atoms in total. The number of rotatable bonds is 8. The molecule has 2 N–H and O–H groups in total. The van der Waals surface area contributed by atoms with Crippen LogP contribution in [0.4, 0.5) is 0 Å². The van der Waals surface area contributed by atoms with Gasteiger partial charge in [0.1, 0.15) is 5.69 Å². The zero-order valence-electron chi connectivity index (χ0n) is 12.4. The highest BCUT2D eigenvalue weighted by Crippen LogP contribution is 2.03. The number of nitrogens with zero attached hydrogens (tertiary/aromatic N) is 2. The molecule has 0 aliphatic rings. The third-order valence-electron chi connectivity index (χ3n) is 2.76. The van der Waals surface area contributed by atoms with E-state index in [9.17, 15) is 9.59 Å². The first-order valence-electron chi connectivity index (χ1n) is 6.79. The molecule has 0 aromatic carbocycles. The van der Waals surface area contributed by atoms with Crippen molar-refractivity contribution in [3.8, 4) is 0 Å². The smallest absolute Gasteiger partial charge is 0.328 e. The number of nitrogens with one attached hydrogen (secondary N) is 1. The largest absolute Gasteiger partial charge is 0.478 e. The maximum absolute atomic E-state index is 11.8. The zero-order valence-corrected chi connectivity index (χ0v) is 12.4. The van der Waals surface area contributed by atoms with E-state index in [2.05, 4.69) is 15.2 Å². The lowest BCUT2D eigenvalue weighted by molar-refractivity contribution is -0.131. The van der Waals surface area contributed by atoms with Crippen LogP contribution in [0.2, 0.25) is 0 Å². The molecule has 0 radical (unpaired) electrons. The molecule has 0 saturated heterocycles. The van der Waals surface area contributed by atoms with Crippen LogP contribution >= 0.6 is 0 Å². The van der Waals surface area contributed by atoms with E-state index in [1.54, 1.807) is 12.1 Å². The molecule has 114 valence electrons. The Bertz CT molecular complexity index is 495. The maximum atomic E-state index is 11.8. The fourth-order valence-corrected chi connectivity index (χ4v) is 1.65. The second kappa shape index (κ2) is 8.86. The second-order valence-corrected chi connectivity index (χ2v) is 4.91. The van der Waals surface area contributed by atoms with Crippen molar-refractivity contribution < 1.29 is 14.7 Å². The average Bonchev–Trinajstić information content (AvgIpc) is 2.44. The number of aliphatic carboxylic acids is 1. The number of hydrogen-bond acceptors (Lipinski definition) is 4. The summed E-state index contributed by atoms with van der Waals surface area (Å²) in [5, 5.41) is 11.3. The van der Waals surface area contributed by atoms with Gasteiger partial charge in [0.25, 0.3) is 5.91 Å². The van der Waals surface area contributed by atoms with Crippen molar-refractivity contribution in [1.29, 1.82) is 0 Å². The molecule has 1 amide bonds. The summed E-state index contributed by atoms with van der Waals surface area (Å²) in [6.45, 7) is 1.62. The minimum atomic E-state index is -1.02. The molecule has 1 aromatic heterocycles. The summed E-state index contributed by atoms with van der Waals surface area (Å²) >= 11 is 0. The van der Waals surface area contributed by atoms with E-state index in [-0.39, 0.29) is 5.91 Å². The van der Waals surface area contributed by atoms with Gasteiger partial charge in [0.2, 0.25) is 0 Å². The predicted octanol–water partition coefficient (Wildman–Crippen LogP) is 1.25. The highest BCUT2D eigenvalue weighted by Gasteiger charge is 2.05. The van der Waals surface area contributed by atoms with Gasteiger partial charge >= 0.3 is 5.97 Å². The molecule has 0 saturated carbocycles. The van der Waals surface area contributed by atoms with Crippen molar-refractivity contribution in [1.82, 2.24) is 15.2 Å². The molecular weight excluding hydrogens is 270 g/mol. The van der Waals surface area contributed by atoms with Crippen molar-refractivity contribution in [3.63, 3.8) is 0 Å². The summed E-state index contributed by atoms with van der Waals surface area (Å²) in [5.41, 5.74) is 0.968. The fourth-order valence-electron chi connectivity index (χ4n) is 1.65. The highest BCUT2D eigenvalue weighted by atomic mass is 16.4. The third kappa shape index (κ3) is 7.22. The van der Waals surface area contributed by atoms with Crippen LogP contribution in [0.3, 0.4) is 0 Å². The van der Waals surface area contributed by atoms with E-state index >= 15 is 0 Å². The van der Waals surface area contributed by atoms with Crippen molar-refractivity contribution in [3.05, 3.63) is 35.7 Å². The number of unbranched alkanes of at least 4 members (excludes halogenated alkanes) is 1. The Balaban J connectivity index is 2.39. The van der Waals surface area contributed by atoms with Gasteiger partial charge in [-0.05, 0) is 51.2 Å². The summed E-state index contributed by atoms with van der Waals surface area (Å²) in [7, 11) is 4.03. The van der Waals surface area contributed by atoms with E-state index in [0.29, 0.717) is 17.8 Å². The van der Waals surface area contributed by atoms with Gasteiger partial charge in [-0.3, -0.25) is 9.78 Å². The first-order chi connectivity index (χ1) is 9.99. The third-order valence-corrected chi connectivity index (χ3v) is 2.76. The summed E-state index contributed by atoms with van der Waals surface area (Å²) in [6, 6.07) is 3.24. The standard InChI is InChI=1S/C15H21N3O3/c1-18(2)10-4-3-9-16-15(21)13-7-5-12(11-17-13)6-8-14(19)20/h5-8,11H,3-4,9-10H2,1-2H3,(H,16,21)(H,19,20). The van der Waals surface area contributed by atoms with E-state index in [4.69, 9.17) is 5.11 Å². The molecule has 0 bridgehead atoms. The minimum Gasteiger partial charge on any atom is -0.478 e. The molecule has 0 spiro atoms. The first-order valence-corrected chi connectivity index (χ1v) is 6.79. The van der Waals surface area contributed by atoms with Crippen LogP contribution in [0.5, 0.6) is 0 Å². The van der Waals surface area contributed by atoms with E-state index in [0.717, 1.165) is 25.5 Å². The minimum absolute atomic E-state index is 0.214. The van der Waals surface area contributed by atoms with E-state index in [1.165, 1.54) is 12.3 Å². The van der Waals surface area contributed by atoms with Crippen LogP contribution in [-0.4, -0.2) is 54.1 Å². The molecule has 1 heterocycles. The summed E-state index contributed by atoms with van der Waals surface area (Å²) in [6.07, 6.45) is 5.88. The lowest BCUT2D eigenvalue weighted by Crippen LogP contribution is -2.26. The van der Waals surface area contributed by atoms with Crippen LogP contribution in [0.15, 0.2) is 24.4 Å². The molecule has 0 fully saturated rings. The quantitative estimate of drug-likeness (QED) is 0.556.